The summed E-state index contributed by atoms with van der Waals surface area (Å²) in [6.45, 7) is 3.20. The predicted molar refractivity (Wildman–Crippen MR) is 97.7 cm³/mol. The van der Waals surface area contributed by atoms with Gasteiger partial charge in [-0.05, 0) is 42.8 Å². The van der Waals surface area contributed by atoms with Crippen LogP contribution in [-0.4, -0.2) is 24.5 Å². The molecule has 1 aliphatic rings. The number of rotatable bonds is 4. The lowest BCUT2D eigenvalue weighted by Crippen LogP contribution is -2.39. The molecule has 1 amide bonds. The Morgan fingerprint density at radius 1 is 1.21 bits per heavy atom. The van der Waals surface area contributed by atoms with Gasteiger partial charge in [0, 0.05) is 30.6 Å². The molecule has 3 rings (SSSR count). The van der Waals surface area contributed by atoms with E-state index in [-0.39, 0.29) is 5.91 Å². The molecular weight excluding hydrogens is 324 g/mol. The second-order valence-corrected chi connectivity index (χ2v) is 6.42. The van der Waals surface area contributed by atoms with E-state index in [0.29, 0.717) is 24.5 Å². The number of hydrogen-bond donors (Lipinski definition) is 1. The largest absolute Gasteiger partial charge is 0.314 e. The Labute approximate surface area is 147 Å². The van der Waals surface area contributed by atoms with E-state index in [2.05, 4.69) is 0 Å². The van der Waals surface area contributed by atoms with Gasteiger partial charge in [-0.25, -0.2) is 10.9 Å². The van der Waals surface area contributed by atoms with Gasteiger partial charge in [0.1, 0.15) is 0 Å². The van der Waals surface area contributed by atoms with Crippen molar-refractivity contribution in [2.45, 2.75) is 19.9 Å². The average Bonchev–Trinajstić information content (AvgIpc) is 2.91. The number of halogens is 1. The normalized spacial score (nSPS) is 14.4. The number of hydrazine groups is 2. The fraction of sp³-hybridized carbons (Fsp3) is 0.278. The average molecular weight is 345 g/mol. The van der Waals surface area contributed by atoms with Crippen LogP contribution in [0.3, 0.4) is 0 Å². The van der Waals surface area contributed by atoms with Crippen LogP contribution in [0.5, 0.6) is 0 Å². The number of benzene rings is 2. The first-order valence-corrected chi connectivity index (χ1v) is 8.25. The fourth-order valence-corrected chi connectivity index (χ4v) is 3.14. The van der Waals surface area contributed by atoms with Crippen LogP contribution in [0.15, 0.2) is 42.5 Å². The summed E-state index contributed by atoms with van der Waals surface area (Å²) in [5, 5.41) is 6.07. The van der Waals surface area contributed by atoms with E-state index in [4.69, 9.17) is 17.4 Å². The number of carbonyl (C=O) groups excluding carboxylic acids is 1. The highest BCUT2D eigenvalue weighted by Gasteiger charge is 2.30. The summed E-state index contributed by atoms with van der Waals surface area (Å²) in [4.78, 5) is 12.4. The zero-order chi connectivity index (χ0) is 17.3. The van der Waals surface area contributed by atoms with Crippen molar-refractivity contribution >= 4 is 28.9 Å². The Morgan fingerprint density at radius 3 is 2.58 bits per heavy atom. The second kappa shape index (κ2) is 6.71. The van der Waals surface area contributed by atoms with E-state index in [0.717, 1.165) is 22.5 Å². The van der Waals surface area contributed by atoms with E-state index in [9.17, 15) is 4.79 Å². The van der Waals surface area contributed by atoms with Gasteiger partial charge in [0.05, 0.1) is 17.9 Å². The smallest absolute Gasteiger partial charge is 0.243 e. The lowest BCUT2D eigenvalue weighted by atomic mass is 10.1. The Balaban J connectivity index is 1.93. The van der Waals surface area contributed by atoms with Crippen LogP contribution in [0.4, 0.5) is 11.4 Å². The topological polar surface area (TPSA) is 52.8 Å². The number of anilines is 2. The molecule has 126 valence electrons. The van der Waals surface area contributed by atoms with E-state index in [1.165, 1.54) is 0 Å². The minimum absolute atomic E-state index is 0.110. The molecule has 2 N–H and O–H groups in total. The first-order valence-electron chi connectivity index (χ1n) is 7.87. The Hall–Kier alpha value is -2.24. The van der Waals surface area contributed by atoms with E-state index >= 15 is 0 Å². The van der Waals surface area contributed by atoms with Crippen LogP contribution in [0.2, 0.25) is 5.02 Å². The van der Waals surface area contributed by atoms with Crippen molar-refractivity contribution in [2.75, 3.05) is 23.6 Å². The Morgan fingerprint density at radius 2 is 1.92 bits per heavy atom. The molecule has 0 unspecified atom stereocenters. The SMILES string of the molecule is Cc1cccc(N(C)N)c1CN1C(=O)CCN1c1ccc(Cl)cc1. The summed E-state index contributed by atoms with van der Waals surface area (Å²) in [5.74, 6) is 6.07. The molecular formula is C18H21ClN4O. The molecule has 0 aliphatic carbocycles. The number of carbonyl (C=O) groups is 1. The molecule has 0 radical (unpaired) electrons. The lowest BCUT2D eigenvalue weighted by molar-refractivity contribution is -0.128. The van der Waals surface area contributed by atoms with Gasteiger partial charge in [-0.2, -0.15) is 0 Å². The quantitative estimate of drug-likeness (QED) is 0.684. The lowest BCUT2D eigenvalue weighted by Gasteiger charge is -2.31. The summed E-state index contributed by atoms with van der Waals surface area (Å²) in [5.41, 5.74) is 4.05. The highest BCUT2D eigenvalue weighted by molar-refractivity contribution is 6.30. The Kier molecular flexibility index (Phi) is 4.64. The molecule has 1 saturated heterocycles. The maximum atomic E-state index is 12.4. The molecule has 0 saturated carbocycles. The number of hydrogen-bond acceptors (Lipinski definition) is 4. The zero-order valence-electron chi connectivity index (χ0n) is 13.9. The van der Waals surface area contributed by atoms with Crippen LogP contribution in [0, 0.1) is 6.92 Å². The molecule has 0 spiro atoms. The van der Waals surface area contributed by atoms with Crippen molar-refractivity contribution in [1.29, 1.82) is 0 Å². The van der Waals surface area contributed by atoms with Gasteiger partial charge in [-0.15, -0.1) is 0 Å². The van der Waals surface area contributed by atoms with Gasteiger partial charge in [-0.1, -0.05) is 23.7 Å². The van der Waals surface area contributed by atoms with Gasteiger partial charge in [0.2, 0.25) is 5.91 Å². The van der Waals surface area contributed by atoms with Crippen LogP contribution >= 0.6 is 11.6 Å². The molecule has 0 bridgehead atoms. The van der Waals surface area contributed by atoms with Crippen molar-refractivity contribution in [3.05, 3.63) is 58.6 Å². The van der Waals surface area contributed by atoms with Gasteiger partial charge < -0.3 is 5.01 Å². The van der Waals surface area contributed by atoms with Crippen LogP contribution in [0.1, 0.15) is 17.5 Å². The Bertz CT molecular complexity index is 745. The van der Waals surface area contributed by atoms with Crippen molar-refractivity contribution in [3.63, 3.8) is 0 Å². The van der Waals surface area contributed by atoms with Crippen LogP contribution in [-0.2, 0) is 11.3 Å². The molecule has 1 heterocycles. The van der Waals surface area contributed by atoms with Crippen LogP contribution < -0.4 is 15.9 Å². The van der Waals surface area contributed by atoms with Crippen molar-refractivity contribution in [2.24, 2.45) is 5.84 Å². The van der Waals surface area contributed by atoms with E-state index in [1.54, 1.807) is 17.1 Å². The van der Waals surface area contributed by atoms with Gasteiger partial charge >= 0.3 is 0 Å². The summed E-state index contributed by atoms with van der Waals surface area (Å²) in [6.07, 6.45) is 0.502. The summed E-state index contributed by atoms with van der Waals surface area (Å²) in [6, 6.07) is 13.5. The molecule has 0 aromatic heterocycles. The first kappa shape index (κ1) is 16.6. The van der Waals surface area contributed by atoms with Gasteiger partial charge in [0.15, 0.2) is 0 Å². The zero-order valence-corrected chi connectivity index (χ0v) is 14.6. The fourth-order valence-electron chi connectivity index (χ4n) is 3.01. The highest BCUT2D eigenvalue weighted by Crippen LogP contribution is 2.29. The second-order valence-electron chi connectivity index (χ2n) is 5.98. The molecule has 24 heavy (non-hydrogen) atoms. The molecule has 1 fully saturated rings. The van der Waals surface area contributed by atoms with Crippen molar-refractivity contribution in [1.82, 2.24) is 5.01 Å². The minimum Gasteiger partial charge on any atom is -0.314 e. The number of aryl methyl sites for hydroxylation is 1. The van der Waals surface area contributed by atoms with Crippen LogP contribution in [0.25, 0.3) is 0 Å². The summed E-state index contributed by atoms with van der Waals surface area (Å²) in [7, 11) is 1.81. The third-order valence-electron chi connectivity index (χ3n) is 4.31. The maximum Gasteiger partial charge on any atom is 0.243 e. The number of amides is 1. The maximum absolute atomic E-state index is 12.4. The predicted octanol–water partition coefficient (Wildman–Crippen LogP) is 3.11. The van der Waals surface area contributed by atoms with E-state index in [1.807, 2.05) is 54.4 Å². The number of nitrogens with two attached hydrogens (primary N) is 1. The summed E-state index contributed by atoms with van der Waals surface area (Å²) < 4.78 is 0. The number of nitrogens with zero attached hydrogens (tertiary/aromatic N) is 3. The van der Waals surface area contributed by atoms with E-state index < -0.39 is 0 Å². The monoisotopic (exact) mass is 344 g/mol. The molecule has 2 aromatic rings. The molecule has 2 aromatic carbocycles. The molecule has 6 heteroatoms. The van der Waals surface area contributed by atoms with Gasteiger partial charge in [-0.3, -0.25) is 9.80 Å². The third-order valence-corrected chi connectivity index (χ3v) is 4.57. The first-order chi connectivity index (χ1) is 11.5. The molecule has 1 aliphatic heterocycles. The van der Waals surface area contributed by atoms with Gasteiger partial charge in [0.25, 0.3) is 0 Å². The minimum atomic E-state index is 0.110. The standard InChI is InChI=1S/C18H21ClN4O/c1-13-4-3-5-17(21(2)20)16(13)12-23-18(24)10-11-22(23)15-8-6-14(19)7-9-15/h3-9H,10-12,20H2,1-2H3. The third kappa shape index (κ3) is 3.18. The molecule has 5 nitrogen and oxygen atoms in total. The highest BCUT2D eigenvalue weighted by atomic mass is 35.5. The molecule has 0 atom stereocenters. The summed E-state index contributed by atoms with van der Waals surface area (Å²) >= 11 is 5.97. The van der Waals surface area contributed by atoms with Crippen molar-refractivity contribution < 1.29 is 4.79 Å². The van der Waals surface area contributed by atoms with Crippen molar-refractivity contribution in [3.8, 4) is 0 Å².